The van der Waals surface area contributed by atoms with Gasteiger partial charge >= 0.3 is 17.9 Å². The van der Waals surface area contributed by atoms with Gasteiger partial charge in [0.25, 0.3) is 0 Å². The third kappa shape index (κ3) is 9.90. The average molecular weight is 469 g/mol. The van der Waals surface area contributed by atoms with Gasteiger partial charge in [0.05, 0.1) is 18.8 Å². The van der Waals surface area contributed by atoms with Gasteiger partial charge in [-0.1, -0.05) is 26.8 Å². The van der Waals surface area contributed by atoms with Crippen LogP contribution in [0.4, 0.5) is 0 Å². The molecule has 0 fully saturated rings. The highest BCUT2D eigenvalue weighted by Crippen LogP contribution is 2.20. The van der Waals surface area contributed by atoms with E-state index in [1.165, 1.54) is 0 Å². The Kier molecular flexibility index (Phi) is 11.4. The summed E-state index contributed by atoms with van der Waals surface area (Å²) in [6.07, 6.45) is 4.76. The van der Waals surface area contributed by atoms with Crippen molar-refractivity contribution in [2.24, 2.45) is 5.92 Å². The Balaban J connectivity index is 1.76. The van der Waals surface area contributed by atoms with Gasteiger partial charge in [0.2, 0.25) is 0 Å². The molecule has 7 nitrogen and oxygen atoms in total. The highest BCUT2D eigenvalue weighted by atomic mass is 16.5. The summed E-state index contributed by atoms with van der Waals surface area (Å²) in [5.41, 5.74) is 0.338. The van der Waals surface area contributed by atoms with E-state index in [-0.39, 0.29) is 18.3 Å². The van der Waals surface area contributed by atoms with Crippen LogP contribution in [0.15, 0.2) is 61.2 Å². The number of carbonyl (C=O) groups is 3. The van der Waals surface area contributed by atoms with Crippen LogP contribution in [0.1, 0.15) is 56.3 Å². The maximum absolute atomic E-state index is 12.4. The summed E-state index contributed by atoms with van der Waals surface area (Å²) < 4.78 is 21.2. The Bertz CT molecular complexity index is 932. The monoisotopic (exact) mass is 468 g/mol. The zero-order valence-electron chi connectivity index (χ0n) is 19.8. The first-order valence-corrected chi connectivity index (χ1v) is 11.5. The number of esters is 3. The van der Waals surface area contributed by atoms with E-state index in [1.807, 2.05) is 6.92 Å². The lowest BCUT2D eigenvalue weighted by Gasteiger charge is -2.11. The third-order valence-corrected chi connectivity index (χ3v) is 4.89. The van der Waals surface area contributed by atoms with Gasteiger partial charge in [-0.15, -0.1) is 0 Å². The number of unbranched alkanes of at least 4 members (excludes halogenated alkanes) is 1. The normalized spacial score (nSPS) is 11.2. The summed E-state index contributed by atoms with van der Waals surface area (Å²) in [6.45, 7) is 8.30. The molecule has 0 N–H and O–H groups in total. The number of hydrogen-bond donors (Lipinski definition) is 0. The molecule has 0 spiro atoms. The van der Waals surface area contributed by atoms with E-state index in [0.29, 0.717) is 36.7 Å². The van der Waals surface area contributed by atoms with Gasteiger partial charge in [0.15, 0.2) is 0 Å². The maximum atomic E-state index is 12.4. The van der Waals surface area contributed by atoms with Gasteiger partial charge in [-0.3, -0.25) is 4.79 Å². The van der Waals surface area contributed by atoms with Gasteiger partial charge in [-0.2, -0.15) is 0 Å². The minimum atomic E-state index is -0.511. The Labute approximate surface area is 200 Å². The minimum absolute atomic E-state index is 0.0765. The summed E-state index contributed by atoms with van der Waals surface area (Å²) in [6, 6.07) is 13.1. The van der Waals surface area contributed by atoms with Crippen LogP contribution in [0.5, 0.6) is 17.2 Å². The molecule has 0 aliphatic heterocycles. The molecular weight excluding hydrogens is 436 g/mol. The molecule has 0 heterocycles. The Morgan fingerprint density at radius 2 is 1.50 bits per heavy atom. The van der Waals surface area contributed by atoms with Crippen LogP contribution < -0.4 is 14.2 Å². The first-order chi connectivity index (χ1) is 16.4. The highest BCUT2D eigenvalue weighted by molar-refractivity contribution is 5.91. The molecule has 2 aromatic carbocycles. The van der Waals surface area contributed by atoms with Crippen LogP contribution in [0.3, 0.4) is 0 Å². The van der Waals surface area contributed by atoms with Gasteiger partial charge in [-0.25, -0.2) is 9.59 Å². The number of ether oxygens (including phenoxy) is 4. The molecule has 0 aliphatic rings. The van der Waals surface area contributed by atoms with Gasteiger partial charge in [0, 0.05) is 12.5 Å². The van der Waals surface area contributed by atoms with E-state index in [4.69, 9.17) is 18.9 Å². The molecular formula is C27H32O7. The van der Waals surface area contributed by atoms with E-state index in [0.717, 1.165) is 31.1 Å². The number of rotatable bonds is 14. The van der Waals surface area contributed by atoms with Crippen LogP contribution in [0, 0.1) is 5.92 Å². The highest BCUT2D eigenvalue weighted by Gasteiger charge is 2.13. The molecule has 0 saturated carbocycles. The fourth-order valence-electron chi connectivity index (χ4n) is 2.99. The van der Waals surface area contributed by atoms with Crippen molar-refractivity contribution in [1.29, 1.82) is 0 Å². The summed E-state index contributed by atoms with van der Waals surface area (Å²) in [5.74, 6) is 0.233. The van der Waals surface area contributed by atoms with Crippen molar-refractivity contribution >= 4 is 17.9 Å². The van der Waals surface area contributed by atoms with Crippen LogP contribution in [0.25, 0.3) is 0 Å². The van der Waals surface area contributed by atoms with E-state index < -0.39 is 11.9 Å². The van der Waals surface area contributed by atoms with Crippen molar-refractivity contribution in [2.75, 3.05) is 13.2 Å². The van der Waals surface area contributed by atoms with E-state index in [9.17, 15) is 14.4 Å². The van der Waals surface area contributed by atoms with Crippen molar-refractivity contribution in [3.05, 3.63) is 66.7 Å². The fourth-order valence-corrected chi connectivity index (χ4v) is 2.99. The summed E-state index contributed by atoms with van der Waals surface area (Å²) >= 11 is 0. The molecule has 0 aliphatic carbocycles. The molecule has 0 bridgehead atoms. The predicted octanol–water partition coefficient (Wildman–Crippen LogP) is 5.53. The Morgan fingerprint density at radius 1 is 0.882 bits per heavy atom. The molecule has 0 radical (unpaired) electrons. The van der Waals surface area contributed by atoms with Gasteiger partial charge in [0.1, 0.15) is 17.2 Å². The van der Waals surface area contributed by atoms with Crippen molar-refractivity contribution in [2.45, 2.75) is 46.0 Å². The molecule has 0 amide bonds. The van der Waals surface area contributed by atoms with E-state index in [2.05, 4.69) is 13.5 Å². The molecule has 2 rings (SSSR count). The number of carbonyl (C=O) groups excluding carboxylic acids is 3. The second-order valence-electron chi connectivity index (χ2n) is 7.88. The number of hydrogen-bond acceptors (Lipinski definition) is 7. The molecule has 182 valence electrons. The smallest absolute Gasteiger partial charge is 0.343 e. The molecule has 34 heavy (non-hydrogen) atoms. The van der Waals surface area contributed by atoms with Gasteiger partial charge < -0.3 is 18.9 Å². The SMILES string of the molecule is C=CC(=O)OCCC[C@@H](C)CC(=O)Oc1ccc(C(=O)Oc2ccc(OCCCC)cc2)cc1. The number of benzene rings is 2. The van der Waals surface area contributed by atoms with Crippen molar-refractivity contribution < 1.29 is 33.3 Å². The largest absolute Gasteiger partial charge is 0.494 e. The van der Waals surface area contributed by atoms with Gasteiger partial charge in [-0.05, 0) is 73.7 Å². The Hall–Kier alpha value is -3.61. The van der Waals surface area contributed by atoms with Crippen LogP contribution in [-0.2, 0) is 14.3 Å². The average Bonchev–Trinajstić information content (AvgIpc) is 2.83. The molecule has 1 atom stereocenters. The molecule has 0 unspecified atom stereocenters. The predicted molar refractivity (Wildman–Crippen MR) is 128 cm³/mol. The second kappa shape index (κ2) is 14.5. The maximum Gasteiger partial charge on any atom is 0.343 e. The van der Waals surface area contributed by atoms with Crippen LogP contribution in [0.2, 0.25) is 0 Å². The molecule has 2 aromatic rings. The fraction of sp³-hybridized carbons (Fsp3) is 0.370. The van der Waals surface area contributed by atoms with Crippen LogP contribution >= 0.6 is 0 Å². The quantitative estimate of drug-likeness (QED) is 0.156. The molecule has 0 saturated heterocycles. The van der Waals surface area contributed by atoms with Crippen molar-refractivity contribution in [1.82, 2.24) is 0 Å². The summed E-state index contributed by atoms with van der Waals surface area (Å²) in [7, 11) is 0. The third-order valence-electron chi connectivity index (χ3n) is 4.89. The standard InChI is InChI=1S/C27H32O7/c1-4-6-17-31-22-13-15-24(16-14-22)34-27(30)21-9-11-23(12-10-21)33-26(29)19-20(3)8-7-18-32-25(28)5-2/h5,9-16,20H,2,4,6-8,17-19H2,1,3H3/t20-/m1/s1. The van der Waals surface area contributed by atoms with Crippen molar-refractivity contribution in [3.63, 3.8) is 0 Å². The van der Waals surface area contributed by atoms with E-state index in [1.54, 1.807) is 48.5 Å². The topological polar surface area (TPSA) is 88.1 Å². The van der Waals surface area contributed by atoms with Crippen molar-refractivity contribution in [3.8, 4) is 17.2 Å². The van der Waals surface area contributed by atoms with Crippen LogP contribution in [-0.4, -0.2) is 31.1 Å². The lowest BCUT2D eigenvalue weighted by atomic mass is 10.0. The molecule has 0 aromatic heterocycles. The first-order valence-electron chi connectivity index (χ1n) is 11.5. The lowest BCUT2D eigenvalue weighted by Crippen LogP contribution is -2.13. The zero-order valence-corrected chi connectivity index (χ0v) is 19.8. The minimum Gasteiger partial charge on any atom is -0.494 e. The summed E-state index contributed by atoms with van der Waals surface area (Å²) in [5, 5.41) is 0. The Morgan fingerprint density at radius 3 is 2.15 bits per heavy atom. The zero-order chi connectivity index (χ0) is 24.8. The lowest BCUT2D eigenvalue weighted by molar-refractivity contribution is -0.138. The van der Waals surface area contributed by atoms with E-state index >= 15 is 0 Å². The second-order valence-corrected chi connectivity index (χ2v) is 7.88. The first kappa shape index (κ1) is 26.6. The summed E-state index contributed by atoms with van der Waals surface area (Å²) in [4.78, 5) is 35.5. The molecule has 7 heteroatoms.